The van der Waals surface area contributed by atoms with Crippen molar-refractivity contribution in [1.82, 2.24) is 15.1 Å². The van der Waals surface area contributed by atoms with Gasteiger partial charge in [0.2, 0.25) is 5.91 Å². The largest absolute Gasteiger partial charge is 0.352 e. The van der Waals surface area contributed by atoms with Gasteiger partial charge < -0.3 is 5.32 Å². The molecule has 4 nitrogen and oxygen atoms in total. The fourth-order valence-electron chi connectivity index (χ4n) is 3.72. The summed E-state index contributed by atoms with van der Waals surface area (Å²) in [6, 6.07) is 7.19. The number of nitrogens with zero attached hydrogens (tertiary/aromatic N) is 2. The lowest BCUT2D eigenvalue weighted by Gasteiger charge is -2.34. The van der Waals surface area contributed by atoms with E-state index in [2.05, 4.69) is 15.1 Å². The molecule has 1 aliphatic heterocycles. The maximum Gasteiger partial charge on any atom is 0.234 e. The van der Waals surface area contributed by atoms with Crippen molar-refractivity contribution >= 4 is 5.91 Å². The highest BCUT2D eigenvalue weighted by Gasteiger charge is 2.21. The van der Waals surface area contributed by atoms with Gasteiger partial charge in [0.15, 0.2) is 0 Å². The maximum absolute atomic E-state index is 13.2. The van der Waals surface area contributed by atoms with Gasteiger partial charge in [-0.3, -0.25) is 14.6 Å². The van der Waals surface area contributed by atoms with Crippen molar-refractivity contribution in [2.75, 3.05) is 32.7 Å². The molecule has 0 spiro atoms. The Balaban J connectivity index is 1.37. The highest BCUT2D eigenvalue weighted by molar-refractivity contribution is 5.78. The fraction of sp³-hybridized carbons (Fsp3) is 0.632. The predicted octanol–water partition coefficient (Wildman–Crippen LogP) is 2.39. The second kappa shape index (κ2) is 8.58. The van der Waals surface area contributed by atoms with Crippen molar-refractivity contribution in [2.24, 2.45) is 0 Å². The lowest BCUT2D eigenvalue weighted by atomic mass is 9.95. The number of carbonyl (C=O) groups excluding carboxylic acids is 1. The second-order valence-corrected chi connectivity index (χ2v) is 7.08. The molecule has 0 atom stereocenters. The molecule has 2 aliphatic rings. The molecule has 24 heavy (non-hydrogen) atoms. The summed E-state index contributed by atoms with van der Waals surface area (Å²) in [6.07, 6.45) is 6.05. The molecule has 0 unspecified atom stereocenters. The lowest BCUT2D eigenvalue weighted by molar-refractivity contribution is -0.123. The van der Waals surface area contributed by atoms with E-state index in [1.54, 1.807) is 12.1 Å². The van der Waals surface area contributed by atoms with Gasteiger partial charge in [0, 0.05) is 38.8 Å². The summed E-state index contributed by atoms with van der Waals surface area (Å²) in [7, 11) is 0. The average Bonchev–Trinajstić information content (AvgIpc) is 2.57. The van der Waals surface area contributed by atoms with Gasteiger partial charge in [-0.2, -0.15) is 0 Å². The fourth-order valence-corrected chi connectivity index (χ4v) is 3.72. The third kappa shape index (κ3) is 5.28. The Hall–Kier alpha value is -1.46. The Morgan fingerprint density at radius 1 is 1.08 bits per heavy atom. The molecule has 1 aliphatic carbocycles. The summed E-state index contributed by atoms with van der Waals surface area (Å²) >= 11 is 0. The van der Waals surface area contributed by atoms with Crippen molar-refractivity contribution in [3.63, 3.8) is 0 Å². The SMILES string of the molecule is O=C(CN1CCN(Cc2cccc(F)c2)CC1)NC1CCCCC1. The topological polar surface area (TPSA) is 35.6 Å². The highest BCUT2D eigenvalue weighted by Crippen LogP contribution is 2.17. The Morgan fingerprint density at radius 2 is 1.79 bits per heavy atom. The third-order valence-corrected chi connectivity index (χ3v) is 5.10. The second-order valence-electron chi connectivity index (χ2n) is 7.08. The minimum absolute atomic E-state index is 0.167. The molecule has 5 heteroatoms. The number of rotatable bonds is 5. The van der Waals surface area contributed by atoms with Crippen LogP contribution in [0.25, 0.3) is 0 Å². The van der Waals surface area contributed by atoms with E-state index in [0.717, 1.165) is 51.1 Å². The standard InChI is InChI=1S/C19H28FN3O/c20-17-6-4-5-16(13-17)14-22-9-11-23(12-10-22)15-19(24)21-18-7-2-1-3-8-18/h4-6,13,18H,1-3,7-12,14-15H2,(H,21,24). The van der Waals surface area contributed by atoms with E-state index in [4.69, 9.17) is 0 Å². The molecule has 0 radical (unpaired) electrons. The van der Waals surface area contributed by atoms with Crippen LogP contribution in [0.3, 0.4) is 0 Å². The van der Waals surface area contributed by atoms with Gasteiger partial charge in [-0.15, -0.1) is 0 Å². The molecule has 1 heterocycles. The van der Waals surface area contributed by atoms with Crippen LogP contribution in [0.2, 0.25) is 0 Å². The maximum atomic E-state index is 13.2. The third-order valence-electron chi connectivity index (χ3n) is 5.10. The summed E-state index contributed by atoms with van der Waals surface area (Å²) in [6.45, 7) is 4.92. The van der Waals surface area contributed by atoms with Gasteiger partial charge >= 0.3 is 0 Å². The van der Waals surface area contributed by atoms with Gasteiger partial charge in [0.05, 0.1) is 6.54 Å². The van der Waals surface area contributed by atoms with Crippen molar-refractivity contribution in [1.29, 1.82) is 0 Å². The molecule has 1 N–H and O–H groups in total. The zero-order valence-corrected chi connectivity index (χ0v) is 14.3. The molecule has 1 saturated carbocycles. The lowest BCUT2D eigenvalue weighted by Crippen LogP contribution is -2.50. The summed E-state index contributed by atoms with van der Waals surface area (Å²) in [4.78, 5) is 16.7. The molecule has 132 valence electrons. The molecule has 1 amide bonds. The van der Waals surface area contributed by atoms with Crippen molar-refractivity contribution in [3.05, 3.63) is 35.6 Å². The summed E-state index contributed by atoms with van der Waals surface area (Å²) in [5.41, 5.74) is 1.01. The van der Waals surface area contributed by atoms with Crippen LogP contribution in [0.4, 0.5) is 4.39 Å². The zero-order valence-electron chi connectivity index (χ0n) is 14.3. The molecule has 1 aromatic rings. The van der Waals surface area contributed by atoms with Crippen molar-refractivity contribution in [2.45, 2.75) is 44.7 Å². The molecule has 0 aromatic heterocycles. The Bertz CT molecular complexity index is 537. The highest BCUT2D eigenvalue weighted by atomic mass is 19.1. The number of hydrogen-bond donors (Lipinski definition) is 1. The van der Waals surface area contributed by atoms with Crippen LogP contribution in [0.5, 0.6) is 0 Å². The summed E-state index contributed by atoms with van der Waals surface area (Å²) in [5, 5.41) is 3.19. The van der Waals surface area contributed by atoms with Crippen LogP contribution < -0.4 is 5.32 Å². The van der Waals surface area contributed by atoms with Crippen molar-refractivity contribution in [3.8, 4) is 0 Å². The average molecular weight is 333 g/mol. The van der Waals surface area contributed by atoms with Gasteiger partial charge in [-0.05, 0) is 30.5 Å². The van der Waals surface area contributed by atoms with Crippen LogP contribution in [0.1, 0.15) is 37.7 Å². The zero-order chi connectivity index (χ0) is 16.8. The van der Waals surface area contributed by atoms with E-state index < -0.39 is 0 Å². The minimum Gasteiger partial charge on any atom is -0.352 e. The van der Waals surface area contributed by atoms with Gasteiger partial charge in [-0.1, -0.05) is 31.4 Å². The van der Waals surface area contributed by atoms with E-state index in [9.17, 15) is 9.18 Å². The normalized spacial score (nSPS) is 20.9. The van der Waals surface area contributed by atoms with Crippen LogP contribution in [-0.2, 0) is 11.3 Å². The quantitative estimate of drug-likeness (QED) is 0.899. The summed E-state index contributed by atoms with van der Waals surface area (Å²) < 4.78 is 13.2. The first kappa shape index (κ1) is 17.4. The Morgan fingerprint density at radius 3 is 2.50 bits per heavy atom. The molecule has 0 bridgehead atoms. The number of piperazine rings is 1. The van der Waals surface area contributed by atoms with Crippen LogP contribution in [0.15, 0.2) is 24.3 Å². The first-order valence-electron chi connectivity index (χ1n) is 9.17. The molecule has 3 rings (SSSR count). The number of amides is 1. The van der Waals surface area contributed by atoms with Crippen LogP contribution in [0, 0.1) is 5.82 Å². The van der Waals surface area contributed by atoms with E-state index in [0.29, 0.717) is 12.6 Å². The van der Waals surface area contributed by atoms with E-state index in [-0.39, 0.29) is 11.7 Å². The molecular weight excluding hydrogens is 305 g/mol. The number of nitrogens with one attached hydrogen (secondary N) is 1. The molecule has 1 saturated heterocycles. The van der Waals surface area contributed by atoms with Crippen molar-refractivity contribution < 1.29 is 9.18 Å². The molecular formula is C19H28FN3O. The van der Waals surface area contributed by atoms with Crippen LogP contribution in [-0.4, -0.2) is 54.5 Å². The smallest absolute Gasteiger partial charge is 0.234 e. The van der Waals surface area contributed by atoms with E-state index in [1.807, 2.05) is 6.07 Å². The molecule has 1 aromatic carbocycles. The first-order valence-corrected chi connectivity index (χ1v) is 9.17. The van der Waals surface area contributed by atoms with E-state index >= 15 is 0 Å². The number of halogens is 1. The Labute approximate surface area is 144 Å². The minimum atomic E-state index is -0.175. The Kier molecular flexibility index (Phi) is 6.21. The predicted molar refractivity (Wildman–Crippen MR) is 93.1 cm³/mol. The number of hydrogen-bond acceptors (Lipinski definition) is 3. The number of benzene rings is 1. The first-order chi connectivity index (χ1) is 11.7. The van der Waals surface area contributed by atoms with Gasteiger partial charge in [0.25, 0.3) is 0 Å². The van der Waals surface area contributed by atoms with Gasteiger partial charge in [0.1, 0.15) is 5.82 Å². The van der Waals surface area contributed by atoms with Crippen LogP contribution >= 0.6 is 0 Å². The monoisotopic (exact) mass is 333 g/mol. The number of carbonyl (C=O) groups is 1. The molecule has 2 fully saturated rings. The van der Waals surface area contributed by atoms with Gasteiger partial charge in [-0.25, -0.2) is 4.39 Å². The summed E-state index contributed by atoms with van der Waals surface area (Å²) in [5.74, 6) is -0.00833. The van der Waals surface area contributed by atoms with E-state index in [1.165, 1.54) is 25.3 Å².